The van der Waals surface area contributed by atoms with Crippen molar-refractivity contribution in [3.63, 3.8) is 0 Å². The van der Waals surface area contributed by atoms with Gasteiger partial charge in [-0.1, -0.05) is 41.0 Å². The summed E-state index contributed by atoms with van der Waals surface area (Å²) in [5, 5.41) is 28.0. The number of allylic oxidation sites excluding steroid dienone is 1. The number of thioether (sulfide) groups is 1. The molecule has 2 rings (SSSR count). The predicted molar refractivity (Wildman–Crippen MR) is 100 cm³/mol. The Morgan fingerprint density at radius 2 is 2.12 bits per heavy atom. The van der Waals surface area contributed by atoms with Crippen molar-refractivity contribution in [1.29, 1.82) is 10.5 Å². The normalized spacial score (nSPS) is 11.5. The number of nitriles is 2. The maximum absolute atomic E-state index is 9.19. The molecule has 8 heteroatoms. The van der Waals surface area contributed by atoms with Crippen LogP contribution in [-0.4, -0.2) is 20.5 Å². The molecule has 128 valence electrons. The zero-order chi connectivity index (χ0) is 18.2. The molecule has 0 saturated heterocycles. The summed E-state index contributed by atoms with van der Waals surface area (Å²) in [6, 6.07) is 9.50. The van der Waals surface area contributed by atoms with Crippen LogP contribution in [-0.2, 0) is 6.54 Å². The Morgan fingerprint density at radius 1 is 1.32 bits per heavy atom. The van der Waals surface area contributed by atoms with Gasteiger partial charge in [0.2, 0.25) is 0 Å². The first-order valence-corrected chi connectivity index (χ1v) is 9.23. The number of hydrogen-bond donors (Lipinski definition) is 0. The van der Waals surface area contributed by atoms with Gasteiger partial charge in [0.15, 0.2) is 11.0 Å². The smallest absolute Gasteiger partial charge is 0.191 e. The summed E-state index contributed by atoms with van der Waals surface area (Å²) in [6.45, 7) is 4.28. The third-order valence-corrected chi connectivity index (χ3v) is 5.08. The molecular weight excluding hydrogens is 377 g/mol. The second kappa shape index (κ2) is 9.48. The molecule has 5 nitrogen and oxygen atoms in total. The van der Waals surface area contributed by atoms with Crippen LogP contribution in [0.2, 0.25) is 10.0 Å². The molecule has 0 amide bonds. The number of benzene rings is 1. The van der Waals surface area contributed by atoms with Crippen LogP contribution < -0.4 is 0 Å². The van der Waals surface area contributed by atoms with Crippen LogP contribution in [0.5, 0.6) is 0 Å². The number of aromatic nitrogens is 3. The molecule has 1 aromatic carbocycles. The second-order valence-electron chi connectivity index (χ2n) is 5.16. The predicted octanol–water partition coefficient (Wildman–Crippen LogP) is 4.97. The molecule has 2 aromatic rings. The zero-order valence-electron chi connectivity index (χ0n) is 13.3. The molecule has 0 radical (unpaired) electrons. The van der Waals surface area contributed by atoms with Gasteiger partial charge in [0.05, 0.1) is 23.1 Å². The van der Waals surface area contributed by atoms with Crippen LogP contribution in [0.15, 0.2) is 36.0 Å². The van der Waals surface area contributed by atoms with E-state index in [9.17, 15) is 5.26 Å². The van der Waals surface area contributed by atoms with Gasteiger partial charge in [-0.15, -0.1) is 16.8 Å². The topological polar surface area (TPSA) is 78.3 Å². The summed E-state index contributed by atoms with van der Waals surface area (Å²) in [7, 11) is 0. The minimum absolute atomic E-state index is 0.207. The van der Waals surface area contributed by atoms with Gasteiger partial charge in [-0.2, -0.15) is 10.5 Å². The average Bonchev–Trinajstić information content (AvgIpc) is 2.98. The fraction of sp³-hybridized carbons (Fsp3) is 0.294. The Balaban J connectivity index is 2.26. The van der Waals surface area contributed by atoms with Gasteiger partial charge in [-0.25, -0.2) is 0 Å². The molecule has 0 N–H and O–H groups in total. The Labute approximate surface area is 160 Å². The van der Waals surface area contributed by atoms with Crippen LogP contribution in [0.4, 0.5) is 0 Å². The zero-order valence-corrected chi connectivity index (χ0v) is 15.7. The molecule has 1 atom stereocenters. The molecule has 1 heterocycles. The SMILES string of the molecule is C=CCn1c(SC[C@H](C#N)CCC#N)nnc1-c1ccc(Cl)cc1Cl. The highest BCUT2D eigenvalue weighted by molar-refractivity contribution is 7.99. The van der Waals surface area contributed by atoms with Crippen LogP contribution in [0, 0.1) is 28.6 Å². The minimum atomic E-state index is -0.207. The number of rotatable bonds is 8. The largest absolute Gasteiger partial charge is 0.298 e. The number of hydrogen-bond acceptors (Lipinski definition) is 5. The van der Waals surface area contributed by atoms with Gasteiger partial charge in [0.25, 0.3) is 0 Å². The van der Waals surface area contributed by atoms with Crippen molar-refractivity contribution in [3.8, 4) is 23.5 Å². The molecule has 0 unspecified atom stereocenters. The van der Waals surface area contributed by atoms with Gasteiger partial charge >= 0.3 is 0 Å². The van der Waals surface area contributed by atoms with Crippen molar-refractivity contribution in [2.24, 2.45) is 5.92 Å². The Hall–Kier alpha value is -1.99. The molecule has 0 aliphatic carbocycles. The van der Waals surface area contributed by atoms with E-state index >= 15 is 0 Å². The molecule has 1 aromatic heterocycles. The maximum atomic E-state index is 9.19. The van der Waals surface area contributed by atoms with Crippen molar-refractivity contribution in [2.75, 3.05) is 5.75 Å². The first-order valence-electron chi connectivity index (χ1n) is 7.49. The van der Waals surface area contributed by atoms with Crippen LogP contribution >= 0.6 is 35.0 Å². The van der Waals surface area contributed by atoms with Crippen molar-refractivity contribution in [2.45, 2.75) is 24.5 Å². The fourth-order valence-electron chi connectivity index (χ4n) is 2.16. The summed E-state index contributed by atoms with van der Waals surface area (Å²) in [6.07, 6.45) is 2.66. The van der Waals surface area contributed by atoms with E-state index in [0.717, 1.165) is 5.56 Å². The molecule has 0 fully saturated rings. The van der Waals surface area contributed by atoms with E-state index in [4.69, 9.17) is 28.5 Å². The van der Waals surface area contributed by atoms with Gasteiger partial charge < -0.3 is 0 Å². The lowest BCUT2D eigenvalue weighted by Gasteiger charge is -2.10. The summed E-state index contributed by atoms with van der Waals surface area (Å²) < 4.78 is 1.89. The van der Waals surface area contributed by atoms with Crippen molar-refractivity contribution in [1.82, 2.24) is 14.8 Å². The molecule has 0 saturated carbocycles. The summed E-state index contributed by atoms with van der Waals surface area (Å²) in [4.78, 5) is 0. The molecule has 0 bridgehead atoms. The Kier molecular flexibility index (Phi) is 7.33. The van der Waals surface area contributed by atoms with Crippen LogP contribution in [0.25, 0.3) is 11.4 Å². The summed E-state index contributed by atoms with van der Waals surface area (Å²) in [5.41, 5.74) is 0.730. The molecular formula is C17H15Cl2N5S. The van der Waals surface area contributed by atoms with Gasteiger partial charge in [0.1, 0.15) is 0 Å². The quantitative estimate of drug-likeness (QED) is 0.468. The highest BCUT2D eigenvalue weighted by Gasteiger charge is 2.17. The van der Waals surface area contributed by atoms with E-state index in [2.05, 4.69) is 28.9 Å². The van der Waals surface area contributed by atoms with Crippen LogP contribution in [0.1, 0.15) is 12.8 Å². The Bertz CT molecular complexity index is 835. The van der Waals surface area contributed by atoms with Crippen molar-refractivity contribution >= 4 is 35.0 Å². The van der Waals surface area contributed by atoms with E-state index in [1.54, 1.807) is 24.3 Å². The van der Waals surface area contributed by atoms with E-state index in [1.165, 1.54) is 11.8 Å². The molecule has 0 spiro atoms. The number of nitrogens with zero attached hydrogens (tertiary/aromatic N) is 5. The van der Waals surface area contributed by atoms with Gasteiger partial charge in [-0.3, -0.25) is 4.57 Å². The lowest BCUT2D eigenvalue weighted by Crippen LogP contribution is -2.04. The average molecular weight is 392 g/mol. The third-order valence-electron chi connectivity index (χ3n) is 3.40. The maximum Gasteiger partial charge on any atom is 0.191 e. The minimum Gasteiger partial charge on any atom is -0.298 e. The Morgan fingerprint density at radius 3 is 2.76 bits per heavy atom. The van der Waals surface area contributed by atoms with Gasteiger partial charge in [-0.05, 0) is 24.6 Å². The molecule has 0 aliphatic rings. The summed E-state index contributed by atoms with van der Waals surface area (Å²) in [5.74, 6) is 0.956. The third kappa shape index (κ3) is 4.99. The van der Waals surface area contributed by atoms with Crippen molar-refractivity contribution in [3.05, 3.63) is 40.9 Å². The molecule has 25 heavy (non-hydrogen) atoms. The lowest BCUT2D eigenvalue weighted by molar-refractivity contribution is 0.679. The van der Waals surface area contributed by atoms with E-state index < -0.39 is 0 Å². The van der Waals surface area contributed by atoms with Crippen molar-refractivity contribution < 1.29 is 0 Å². The van der Waals surface area contributed by atoms with E-state index in [0.29, 0.717) is 46.2 Å². The van der Waals surface area contributed by atoms with E-state index in [-0.39, 0.29) is 5.92 Å². The van der Waals surface area contributed by atoms with Gasteiger partial charge in [0, 0.05) is 29.3 Å². The highest BCUT2D eigenvalue weighted by Crippen LogP contribution is 2.32. The second-order valence-corrected chi connectivity index (χ2v) is 6.99. The lowest BCUT2D eigenvalue weighted by atomic mass is 10.1. The van der Waals surface area contributed by atoms with E-state index in [1.807, 2.05) is 4.57 Å². The standard InChI is InChI=1S/C17H15Cl2N5S/c1-2-8-24-16(14-6-5-13(18)9-15(14)19)22-23-17(24)25-11-12(10-21)4-3-7-20/h2,5-6,9,12H,1,3-4,8,11H2/t12-/m0/s1. The highest BCUT2D eigenvalue weighted by atomic mass is 35.5. The molecule has 0 aliphatic heterocycles. The number of halogens is 2. The fourth-order valence-corrected chi connectivity index (χ4v) is 3.66. The monoisotopic (exact) mass is 391 g/mol. The first-order chi connectivity index (χ1) is 12.1. The van der Waals surface area contributed by atoms with Crippen LogP contribution in [0.3, 0.4) is 0 Å². The first kappa shape index (κ1) is 19.3. The summed E-state index contributed by atoms with van der Waals surface area (Å²) >= 11 is 13.7.